The van der Waals surface area contributed by atoms with E-state index in [2.05, 4.69) is 10.1 Å². The van der Waals surface area contributed by atoms with Gasteiger partial charge in [0.15, 0.2) is 17.4 Å². The highest BCUT2D eigenvalue weighted by Gasteiger charge is 2.57. The summed E-state index contributed by atoms with van der Waals surface area (Å²) < 4.78 is 98.6. The largest absolute Gasteiger partial charge is 0.487 e. The lowest BCUT2D eigenvalue weighted by molar-refractivity contribution is 0.00521. The molecule has 0 N–H and O–H groups in total. The number of nitrogens with zero attached hydrogens (tertiary/aromatic N) is 7. The van der Waals surface area contributed by atoms with Crippen molar-refractivity contribution in [2.45, 2.75) is 88.1 Å². The van der Waals surface area contributed by atoms with Crippen LogP contribution in [0.3, 0.4) is 0 Å². The Morgan fingerprint density at radius 2 is 1.88 bits per heavy atom. The third-order valence-corrected chi connectivity index (χ3v) is 11.3. The van der Waals surface area contributed by atoms with Gasteiger partial charge in [-0.25, -0.2) is 26.7 Å². The second kappa shape index (κ2) is 11.3. The summed E-state index contributed by atoms with van der Waals surface area (Å²) in [6, 6.07) is 1.01. The molecule has 52 heavy (non-hydrogen) atoms. The van der Waals surface area contributed by atoms with E-state index in [0.717, 1.165) is 12.5 Å². The van der Waals surface area contributed by atoms with Gasteiger partial charge in [-0.1, -0.05) is 0 Å². The normalized spacial score (nSPS) is 26.4. The quantitative estimate of drug-likeness (QED) is 0.228. The standard InChI is InChI=1S/C36H38F5N7O4/c1-34(2,3)52-33(49)48-19-7-9-21(48)22-14-50-30-25-28(26(38)24(27(30)39)23-20(37)8-6-18-12-42-45(4)29(18)23)43-32(44-31(25)47(22)13-19)51-17-35-10-5-11-46(35)16-36(40,41)15-35/h6,8,12,19,21-22H,5,7,9-11,13-17H2,1-4H3/t19-,21+,22-,35+/m1/s1. The van der Waals surface area contributed by atoms with Crippen molar-refractivity contribution in [1.82, 2.24) is 29.5 Å². The van der Waals surface area contributed by atoms with Gasteiger partial charge in [0.2, 0.25) is 0 Å². The minimum atomic E-state index is -2.89. The lowest BCUT2D eigenvalue weighted by Gasteiger charge is -2.46. The van der Waals surface area contributed by atoms with Crippen LogP contribution in [0.2, 0.25) is 0 Å². The van der Waals surface area contributed by atoms with Crippen LogP contribution in [0.5, 0.6) is 11.8 Å². The number of anilines is 1. The number of benzene rings is 2. The molecular formula is C36H38F5N7O4. The van der Waals surface area contributed by atoms with Gasteiger partial charge in [0.05, 0.1) is 52.9 Å². The molecule has 2 aromatic heterocycles. The van der Waals surface area contributed by atoms with E-state index in [-0.39, 0.29) is 71.9 Å². The van der Waals surface area contributed by atoms with Gasteiger partial charge in [0, 0.05) is 31.0 Å². The number of alkyl halides is 2. The molecule has 9 rings (SSSR count). The summed E-state index contributed by atoms with van der Waals surface area (Å²) in [5.41, 5.74) is -2.95. The van der Waals surface area contributed by atoms with Crippen LogP contribution in [0.1, 0.15) is 52.9 Å². The minimum Gasteiger partial charge on any atom is -0.487 e. The van der Waals surface area contributed by atoms with Gasteiger partial charge in [-0.15, -0.1) is 0 Å². The minimum absolute atomic E-state index is 0.0654. The first-order valence-electron chi connectivity index (χ1n) is 17.6. The van der Waals surface area contributed by atoms with E-state index in [1.54, 1.807) is 37.6 Å². The van der Waals surface area contributed by atoms with E-state index in [0.29, 0.717) is 31.2 Å². The third kappa shape index (κ3) is 4.99. The maximum absolute atomic E-state index is 17.1. The van der Waals surface area contributed by atoms with Crippen molar-refractivity contribution in [3.63, 3.8) is 0 Å². The van der Waals surface area contributed by atoms with Gasteiger partial charge in [-0.05, 0) is 65.1 Å². The number of aromatic nitrogens is 4. The summed E-state index contributed by atoms with van der Waals surface area (Å²) in [7, 11) is 1.54. The molecule has 0 radical (unpaired) electrons. The number of carbonyl (C=O) groups is 1. The van der Waals surface area contributed by atoms with Crippen molar-refractivity contribution in [2.75, 3.05) is 37.7 Å². The molecule has 16 heteroatoms. The molecule has 11 nitrogen and oxygen atoms in total. The van der Waals surface area contributed by atoms with Crippen molar-refractivity contribution in [2.24, 2.45) is 7.05 Å². The van der Waals surface area contributed by atoms with Crippen molar-refractivity contribution in [3.8, 4) is 22.9 Å². The Morgan fingerprint density at radius 3 is 2.67 bits per heavy atom. The second-order valence-corrected chi connectivity index (χ2v) is 15.8. The Labute approximate surface area is 295 Å². The predicted molar refractivity (Wildman–Crippen MR) is 179 cm³/mol. The number of halogens is 5. The van der Waals surface area contributed by atoms with Crippen LogP contribution < -0.4 is 14.4 Å². The summed E-state index contributed by atoms with van der Waals surface area (Å²) in [5, 5.41) is 4.57. The molecule has 2 bridgehead atoms. The molecular weight excluding hydrogens is 689 g/mol. The number of hydrogen-bond acceptors (Lipinski definition) is 9. The Kier molecular flexibility index (Phi) is 7.23. The summed E-state index contributed by atoms with van der Waals surface area (Å²) in [4.78, 5) is 27.9. The number of amides is 1. The Balaban J connectivity index is 1.21. The average molecular weight is 728 g/mol. The molecule has 0 spiro atoms. The summed E-state index contributed by atoms with van der Waals surface area (Å²) in [6.45, 7) is 5.43. The zero-order valence-electron chi connectivity index (χ0n) is 29.2. The zero-order chi connectivity index (χ0) is 36.5. The second-order valence-electron chi connectivity index (χ2n) is 15.8. The SMILES string of the molecule is Cn1ncc2ccc(F)c(-c3c(F)c4c5c(nc(OC[C@@]67CCCN6CC(F)(F)C7)nc5c3F)N3C[C@H]5CC[C@@H]([C@H]3CO4)N5C(=O)OC(C)(C)C)c21. The smallest absolute Gasteiger partial charge is 0.410 e. The molecule has 0 saturated carbocycles. The first kappa shape index (κ1) is 33.4. The monoisotopic (exact) mass is 727 g/mol. The van der Waals surface area contributed by atoms with E-state index in [9.17, 15) is 13.6 Å². The molecule has 4 saturated heterocycles. The highest BCUT2D eigenvalue weighted by molar-refractivity contribution is 6.03. The third-order valence-electron chi connectivity index (χ3n) is 11.3. The molecule has 0 aliphatic carbocycles. The van der Waals surface area contributed by atoms with Crippen LogP contribution in [0, 0.1) is 17.5 Å². The van der Waals surface area contributed by atoms with E-state index in [1.807, 2.05) is 4.90 Å². The van der Waals surface area contributed by atoms with Gasteiger partial charge in [-0.2, -0.15) is 15.1 Å². The Hall–Kier alpha value is -4.47. The number of hydrogen-bond donors (Lipinski definition) is 0. The zero-order valence-corrected chi connectivity index (χ0v) is 29.2. The van der Waals surface area contributed by atoms with Crippen molar-refractivity contribution in [1.29, 1.82) is 0 Å². The molecule has 4 aromatic rings. The number of aryl methyl sites for hydroxylation is 1. The number of rotatable bonds is 4. The summed E-state index contributed by atoms with van der Waals surface area (Å²) >= 11 is 0. The fraction of sp³-hybridized carbons (Fsp3) is 0.556. The van der Waals surface area contributed by atoms with E-state index in [1.165, 1.54) is 16.9 Å². The summed E-state index contributed by atoms with van der Waals surface area (Å²) in [5.74, 6) is -6.32. The molecule has 0 unspecified atom stereocenters. The van der Waals surface area contributed by atoms with Gasteiger partial charge in [-0.3, -0.25) is 14.5 Å². The molecule has 5 aliphatic heterocycles. The molecule has 7 heterocycles. The first-order chi connectivity index (χ1) is 24.6. The first-order valence-corrected chi connectivity index (χ1v) is 17.6. The highest BCUT2D eigenvalue weighted by atomic mass is 19.3. The summed E-state index contributed by atoms with van der Waals surface area (Å²) in [6.07, 6.45) is 3.05. The molecule has 5 aliphatic rings. The van der Waals surface area contributed by atoms with Gasteiger partial charge >= 0.3 is 12.1 Å². The van der Waals surface area contributed by atoms with Crippen LogP contribution in [-0.4, -0.2) is 104 Å². The van der Waals surface area contributed by atoms with Gasteiger partial charge < -0.3 is 19.1 Å². The number of carbonyl (C=O) groups excluding carboxylic acids is 1. The molecule has 1 amide bonds. The lowest BCUT2D eigenvalue weighted by atomic mass is 9.94. The van der Waals surface area contributed by atoms with Crippen LogP contribution in [0.25, 0.3) is 32.9 Å². The fourth-order valence-electron chi connectivity index (χ4n) is 9.26. The Bertz CT molecular complexity index is 2160. The van der Waals surface area contributed by atoms with E-state index in [4.69, 9.17) is 19.2 Å². The number of piperazine rings is 1. The molecule has 2 aromatic carbocycles. The maximum atomic E-state index is 17.1. The number of ether oxygens (including phenoxy) is 3. The van der Waals surface area contributed by atoms with E-state index >= 15 is 13.2 Å². The lowest BCUT2D eigenvalue weighted by Crippen LogP contribution is -2.63. The highest BCUT2D eigenvalue weighted by Crippen LogP contribution is 2.50. The van der Waals surface area contributed by atoms with Crippen LogP contribution >= 0.6 is 0 Å². The van der Waals surface area contributed by atoms with Gasteiger partial charge in [0.1, 0.15) is 36.0 Å². The van der Waals surface area contributed by atoms with Crippen LogP contribution in [0.15, 0.2) is 18.3 Å². The fourth-order valence-corrected chi connectivity index (χ4v) is 9.26. The predicted octanol–water partition coefficient (Wildman–Crippen LogP) is 6.20. The number of fused-ring (bicyclic) bond motifs is 7. The molecule has 4 fully saturated rings. The molecule has 4 atom stereocenters. The van der Waals surface area contributed by atoms with Crippen LogP contribution in [0.4, 0.5) is 32.6 Å². The average Bonchev–Trinajstić information content (AvgIpc) is 3.76. The van der Waals surface area contributed by atoms with Crippen molar-refractivity contribution < 1.29 is 41.0 Å². The molecule has 276 valence electrons. The topological polar surface area (TPSA) is 98.1 Å². The van der Waals surface area contributed by atoms with Crippen molar-refractivity contribution >= 4 is 33.7 Å². The van der Waals surface area contributed by atoms with Gasteiger partial charge in [0.25, 0.3) is 5.92 Å². The van der Waals surface area contributed by atoms with Crippen LogP contribution in [-0.2, 0) is 11.8 Å². The van der Waals surface area contributed by atoms with E-state index < -0.39 is 64.7 Å². The van der Waals surface area contributed by atoms with Crippen molar-refractivity contribution in [3.05, 3.63) is 35.8 Å². The Morgan fingerprint density at radius 1 is 1.08 bits per heavy atom. The maximum Gasteiger partial charge on any atom is 0.410 e.